The van der Waals surface area contributed by atoms with Crippen LogP contribution in [0.2, 0.25) is 0 Å². The molecule has 0 heterocycles. The summed E-state index contributed by atoms with van der Waals surface area (Å²) in [6.07, 6.45) is -0.00657. The van der Waals surface area contributed by atoms with Crippen LogP contribution in [0.15, 0.2) is 24.3 Å². The van der Waals surface area contributed by atoms with E-state index in [2.05, 4.69) is 16.6 Å². The molecule has 1 aromatic rings. The van der Waals surface area contributed by atoms with Gasteiger partial charge in [0.1, 0.15) is 6.61 Å². The molecule has 0 bridgehead atoms. The lowest BCUT2D eigenvalue weighted by Gasteiger charge is -2.11. The van der Waals surface area contributed by atoms with Crippen LogP contribution in [0.5, 0.6) is 0 Å². The SMILES string of the molecule is CC(C)OCCS(=O)(=O)Nc1ccccc1C#CCO. The lowest BCUT2D eigenvalue weighted by Crippen LogP contribution is -2.22. The number of sulfonamides is 1. The highest BCUT2D eigenvalue weighted by molar-refractivity contribution is 7.92. The van der Waals surface area contributed by atoms with Gasteiger partial charge in [0.15, 0.2) is 0 Å². The molecule has 5 nitrogen and oxygen atoms in total. The molecule has 1 rings (SSSR count). The Morgan fingerprint density at radius 1 is 1.35 bits per heavy atom. The number of anilines is 1. The first-order valence-corrected chi connectivity index (χ1v) is 7.90. The Hall–Kier alpha value is -1.55. The van der Waals surface area contributed by atoms with Gasteiger partial charge in [-0.05, 0) is 26.0 Å². The van der Waals surface area contributed by atoms with Crippen LogP contribution in [0, 0.1) is 11.8 Å². The Kier molecular flexibility index (Phi) is 6.52. The summed E-state index contributed by atoms with van der Waals surface area (Å²) in [4.78, 5) is 0. The first-order valence-electron chi connectivity index (χ1n) is 6.25. The molecule has 0 aliphatic rings. The van der Waals surface area contributed by atoms with Crippen molar-refractivity contribution in [3.63, 3.8) is 0 Å². The van der Waals surface area contributed by atoms with Gasteiger partial charge < -0.3 is 9.84 Å². The number of ether oxygens (including phenoxy) is 1. The van der Waals surface area contributed by atoms with Crippen molar-refractivity contribution < 1.29 is 18.3 Å². The minimum absolute atomic E-state index is 0.00657. The van der Waals surface area contributed by atoms with E-state index in [0.717, 1.165) is 0 Å². The standard InChI is InChI=1S/C14H19NO4S/c1-12(2)19-10-11-20(17,18)15-14-8-4-3-6-13(14)7-5-9-16/h3-4,6,8,12,15-16H,9-11H2,1-2H3. The fourth-order valence-electron chi connectivity index (χ4n) is 1.43. The van der Waals surface area contributed by atoms with Crippen LogP contribution in [-0.4, -0.2) is 38.6 Å². The highest BCUT2D eigenvalue weighted by Crippen LogP contribution is 2.15. The van der Waals surface area contributed by atoms with Crippen LogP contribution in [0.25, 0.3) is 0 Å². The highest BCUT2D eigenvalue weighted by atomic mass is 32.2. The number of para-hydroxylation sites is 1. The summed E-state index contributed by atoms with van der Waals surface area (Å²) >= 11 is 0. The van der Waals surface area contributed by atoms with E-state index in [0.29, 0.717) is 11.3 Å². The van der Waals surface area contributed by atoms with Crippen molar-refractivity contribution in [1.29, 1.82) is 0 Å². The quantitative estimate of drug-likeness (QED) is 0.774. The van der Waals surface area contributed by atoms with E-state index >= 15 is 0 Å². The molecule has 0 spiro atoms. The van der Waals surface area contributed by atoms with Gasteiger partial charge in [-0.15, -0.1) is 0 Å². The van der Waals surface area contributed by atoms with E-state index < -0.39 is 10.0 Å². The van der Waals surface area contributed by atoms with Crippen LogP contribution in [-0.2, 0) is 14.8 Å². The van der Waals surface area contributed by atoms with E-state index in [1.165, 1.54) is 0 Å². The van der Waals surface area contributed by atoms with E-state index in [9.17, 15) is 8.42 Å². The molecular formula is C14H19NO4S. The van der Waals surface area contributed by atoms with Crippen molar-refractivity contribution >= 4 is 15.7 Å². The van der Waals surface area contributed by atoms with Crippen molar-refractivity contribution in [1.82, 2.24) is 0 Å². The number of hydrogen-bond acceptors (Lipinski definition) is 4. The number of nitrogens with one attached hydrogen (secondary N) is 1. The summed E-state index contributed by atoms with van der Waals surface area (Å²) in [6, 6.07) is 6.78. The molecule has 110 valence electrons. The molecule has 0 amide bonds. The fraction of sp³-hybridized carbons (Fsp3) is 0.429. The van der Waals surface area contributed by atoms with Crippen molar-refractivity contribution in [3.8, 4) is 11.8 Å². The maximum atomic E-state index is 11.9. The predicted octanol–water partition coefficient (Wildman–Crippen LogP) is 1.20. The van der Waals surface area contributed by atoms with Crippen molar-refractivity contribution in [2.24, 2.45) is 0 Å². The maximum absolute atomic E-state index is 11.9. The minimum atomic E-state index is -3.48. The lowest BCUT2D eigenvalue weighted by molar-refractivity contribution is 0.0913. The second kappa shape index (κ2) is 7.90. The lowest BCUT2D eigenvalue weighted by atomic mass is 10.2. The van der Waals surface area contributed by atoms with Crippen LogP contribution in [0.4, 0.5) is 5.69 Å². The van der Waals surface area contributed by atoms with Gasteiger partial charge in [0.25, 0.3) is 0 Å². The third-order valence-corrected chi connectivity index (χ3v) is 3.53. The van der Waals surface area contributed by atoms with Gasteiger partial charge in [-0.3, -0.25) is 4.72 Å². The number of aliphatic hydroxyl groups excluding tert-OH is 1. The van der Waals surface area contributed by atoms with Gasteiger partial charge in [-0.1, -0.05) is 24.0 Å². The molecule has 0 atom stereocenters. The van der Waals surface area contributed by atoms with Gasteiger partial charge in [0.05, 0.1) is 24.2 Å². The molecule has 0 radical (unpaired) electrons. The fourth-order valence-corrected chi connectivity index (χ4v) is 2.36. The second-order valence-corrected chi connectivity index (χ2v) is 6.19. The zero-order valence-corrected chi connectivity index (χ0v) is 12.4. The Labute approximate surface area is 120 Å². The third kappa shape index (κ3) is 6.06. The summed E-state index contributed by atoms with van der Waals surface area (Å²) in [5, 5.41) is 8.69. The van der Waals surface area contributed by atoms with Crippen LogP contribution < -0.4 is 4.72 Å². The van der Waals surface area contributed by atoms with E-state index in [1.54, 1.807) is 24.3 Å². The molecule has 20 heavy (non-hydrogen) atoms. The number of rotatable bonds is 6. The normalized spacial score (nSPS) is 11.0. The van der Waals surface area contributed by atoms with E-state index in [1.807, 2.05) is 13.8 Å². The largest absolute Gasteiger partial charge is 0.384 e. The molecule has 1 aromatic carbocycles. The first-order chi connectivity index (χ1) is 9.44. The predicted molar refractivity (Wildman–Crippen MR) is 78.9 cm³/mol. The molecule has 0 fully saturated rings. The summed E-state index contributed by atoms with van der Waals surface area (Å²) < 4.78 is 31.5. The Morgan fingerprint density at radius 3 is 2.70 bits per heavy atom. The summed E-state index contributed by atoms with van der Waals surface area (Å²) in [5.41, 5.74) is 0.924. The molecule has 6 heteroatoms. The highest BCUT2D eigenvalue weighted by Gasteiger charge is 2.12. The third-order valence-electron chi connectivity index (χ3n) is 2.30. The second-order valence-electron chi connectivity index (χ2n) is 4.35. The Bertz CT molecular complexity index is 585. The summed E-state index contributed by atoms with van der Waals surface area (Å²) in [5.74, 6) is 5.08. The van der Waals surface area contributed by atoms with Gasteiger partial charge in [-0.25, -0.2) is 8.42 Å². The molecular weight excluding hydrogens is 278 g/mol. The Balaban J connectivity index is 2.77. The number of benzene rings is 1. The molecule has 0 aromatic heterocycles. The van der Waals surface area contributed by atoms with Crippen molar-refractivity contribution in [3.05, 3.63) is 29.8 Å². The molecule has 0 aliphatic heterocycles. The van der Waals surface area contributed by atoms with Gasteiger partial charge in [-0.2, -0.15) is 0 Å². The van der Waals surface area contributed by atoms with Gasteiger partial charge in [0, 0.05) is 5.56 Å². The minimum Gasteiger partial charge on any atom is -0.384 e. The molecule has 0 unspecified atom stereocenters. The van der Waals surface area contributed by atoms with Crippen LogP contribution >= 0.6 is 0 Å². The Morgan fingerprint density at radius 2 is 2.05 bits per heavy atom. The average molecular weight is 297 g/mol. The number of hydrogen-bond donors (Lipinski definition) is 2. The smallest absolute Gasteiger partial charge is 0.235 e. The zero-order chi connectivity index (χ0) is 15.0. The molecule has 0 aliphatic carbocycles. The zero-order valence-electron chi connectivity index (χ0n) is 11.6. The van der Waals surface area contributed by atoms with Gasteiger partial charge >= 0.3 is 0 Å². The maximum Gasteiger partial charge on any atom is 0.235 e. The van der Waals surface area contributed by atoms with Crippen molar-refractivity contribution in [2.45, 2.75) is 20.0 Å². The van der Waals surface area contributed by atoms with E-state index in [-0.39, 0.29) is 25.1 Å². The number of aliphatic hydroxyl groups is 1. The first kappa shape index (κ1) is 16.5. The average Bonchev–Trinajstić information content (AvgIpc) is 2.36. The van der Waals surface area contributed by atoms with E-state index in [4.69, 9.17) is 9.84 Å². The summed E-state index contributed by atoms with van der Waals surface area (Å²) in [7, 11) is -3.48. The molecule has 0 saturated heterocycles. The topological polar surface area (TPSA) is 75.6 Å². The monoisotopic (exact) mass is 297 g/mol. The van der Waals surface area contributed by atoms with Crippen molar-refractivity contribution in [2.75, 3.05) is 23.7 Å². The molecule has 0 saturated carbocycles. The van der Waals surface area contributed by atoms with Crippen LogP contribution in [0.1, 0.15) is 19.4 Å². The summed E-state index contributed by atoms with van der Waals surface area (Å²) in [6.45, 7) is 3.56. The molecule has 2 N–H and O–H groups in total. The van der Waals surface area contributed by atoms with Gasteiger partial charge in [0.2, 0.25) is 10.0 Å². The van der Waals surface area contributed by atoms with Crippen LogP contribution in [0.3, 0.4) is 0 Å².